The molecule has 7 heteroatoms. The van der Waals surface area contributed by atoms with E-state index in [1.165, 1.54) is 6.20 Å². The fourth-order valence-electron chi connectivity index (χ4n) is 3.50. The van der Waals surface area contributed by atoms with Crippen LogP contribution < -0.4 is 4.74 Å². The minimum absolute atomic E-state index is 0.0240. The van der Waals surface area contributed by atoms with Crippen molar-refractivity contribution in [3.63, 3.8) is 0 Å². The molecule has 2 aromatic rings. The monoisotopic (exact) mass is 385 g/mol. The first-order chi connectivity index (χ1) is 13.5. The van der Waals surface area contributed by atoms with Crippen molar-refractivity contribution in [2.45, 2.75) is 45.1 Å². The van der Waals surface area contributed by atoms with Gasteiger partial charge in [-0.1, -0.05) is 32.0 Å². The Balaban J connectivity index is 1.52. The molecule has 0 spiro atoms. The second-order valence-electron chi connectivity index (χ2n) is 7.26. The van der Waals surface area contributed by atoms with Crippen LogP contribution in [-0.4, -0.2) is 51.4 Å². The quantitative estimate of drug-likeness (QED) is 0.790. The second kappa shape index (κ2) is 8.91. The fourth-order valence-corrected chi connectivity index (χ4v) is 3.50. The lowest BCUT2D eigenvalue weighted by atomic mass is 9.98. The molecule has 3 rings (SSSR count). The van der Waals surface area contributed by atoms with E-state index in [-0.39, 0.29) is 24.1 Å². The van der Waals surface area contributed by atoms with Crippen molar-refractivity contribution in [3.05, 3.63) is 47.8 Å². The van der Waals surface area contributed by atoms with Gasteiger partial charge in [-0.2, -0.15) is 5.10 Å². The topological polar surface area (TPSA) is 84.7 Å². The number of amides is 1. The number of rotatable bonds is 7. The highest BCUT2D eigenvalue weighted by Crippen LogP contribution is 2.28. The van der Waals surface area contributed by atoms with E-state index in [0.717, 1.165) is 30.6 Å². The summed E-state index contributed by atoms with van der Waals surface area (Å²) < 4.78 is 7.54. The minimum atomic E-state index is -0.978. The summed E-state index contributed by atoms with van der Waals surface area (Å²) in [4.78, 5) is 25.4. The van der Waals surface area contributed by atoms with Crippen molar-refractivity contribution in [2.24, 2.45) is 0 Å². The first-order valence-corrected chi connectivity index (χ1v) is 9.76. The molecule has 0 saturated carbocycles. The van der Waals surface area contributed by atoms with E-state index in [0.29, 0.717) is 19.0 Å². The highest BCUT2D eigenvalue weighted by Gasteiger charge is 2.25. The van der Waals surface area contributed by atoms with Gasteiger partial charge in [-0.25, -0.2) is 4.79 Å². The molecular formula is C21H27N3O4. The van der Waals surface area contributed by atoms with E-state index in [4.69, 9.17) is 9.84 Å². The highest BCUT2D eigenvalue weighted by atomic mass is 16.5. The lowest BCUT2D eigenvalue weighted by molar-refractivity contribution is -0.134. The molecule has 7 nitrogen and oxygen atoms in total. The van der Waals surface area contributed by atoms with E-state index in [1.807, 2.05) is 23.1 Å². The third kappa shape index (κ3) is 4.52. The molecule has 1 fully saturated rings. The third-order valence-electron chi connectivity index (χ3n) is 5.45. The minimum Gasteiger partial charge on any atom is -0.483 e. The van der Waals surface area contributed by atoms with Crippen molar-refractivity contribution in [1.82, 2.24) is 14.7 Å². The van der Waals surface area contributed by atoms with E-state index in [2.05, 4.69) is 25.0 Å². The molecular weight excluding hydrogens is 358 g/mol. The summed E-state index contributed by atoms with van der Waals surface area (Å²) >= 11 is 0. The van der Waals surface area contributed by atoms with Crippen molar-refractivity contribution in [3.8, 4) is 5.75 Å². The molecule has 0 bridgehead atoms. The number of nitrogens with zero attached hydrogens (tertiary/aromatic N) is 3. The number of carbonyl (C=O) groups is 2. The summed E-state index contributed by atoms with van der Waals surface area (Å²) in [6.07, 6.45) is 5.42. The Hall–Kier alpha value is -2.83. The number of aromatic nitrogens is 2. The van der Waals surface area contributed by atoms with Crippen molar-refractivity contribution >= 4 is 11.9 Å². The van der Waals surface area contributed by atoms with Crippen LogP contribution in [0.25, 0.3) is 0 Å². The molecule has 1 aromatic heterocycles. The van der Waals surface area contributed by atoms with Gasteiger partial charge in [-0.3, -0.25) is 9.48 Å². The van der Waals surface area contributed by atoms with Crippen LogP contribution in [0.15, 0.2) is 36.7 Å². The molecule has 2 heterocycles. The summed E-state index contributed by atoms with van der Waals surface area (Å²) in [5.74, 6) is 0.155. The number of benzene rings is 1. The van der Waals surface area contributed by atoms with Crippen LogP contribution in [-0.2, 0) is 4.79 Å². The van der Waals surface area contributed by atoms with Crippen LogP contribution >= 0.6 is 0 Å². The summed E-state index contributed by atoms with van der Waals surface area (Å²) in [5.41, 5.74) is 1.32. The van der Waals surface area contributed by atoms with Crippen LogP contribution in [0, 0.1) is 0 Å². The maximum Gasteiger partial charge on any atom is 0.338 e. The Morgan fingerprint density at radius 3 is 2.64 bits per heavy atom. The zero-order chi connectivity index (χ0) is 20.1. The average Bonchev–Trinajstić information content (AvgIpc) is 3.22. The van der Waals surface area contributed by atoms with Crippen molar-refractivity contribution < 1.29 is 19.4 Å². The molecule has 1 unspecified atom stereocenters. The standard InChI is InChI=1S/C21H27N3O4/c1-3-15(2)18-6-4-5-7-19(18)28-14-20(25)23-10-8-17(9-11-23)24-13-16(12-22-24)21(26)27/h4-7,12-13,15,17H,3,8-11,14H2,1-2H3,(H,26,27). The Kier molecular flexibility index (Phi) is 6.34. The summed E-state index contributed by atoms with van der Waals surface area (Å²) in [6.45, 7) is 5.54. The van der Waals surface area contributed by atoms with E-state index < -0.39 is 5.97 Å². The smallest absolute Gasteiger partial charge is 0.338 e. The van der Waals surface area contributed by atoms with Crippen LogP contribution in [0.1, 0.15) is 61.0 Å². The molecule has 1 aliphatic rings. The maximum absolute atomic E-state index is 12.6. The number of likely N-dealkylation sites (tertiary alicyclic amines) is 1. The molecule has 1 atom stereocenters. The van der Waals surface area contributed by atoms with Gasteiger partial charge in [-0.15, -0.1) is 0 Å². The molecule has 0 radical (unpaired) electrons. The zero-order valence-electron chi connectivity index (χ0n) is 16.4. The van der Waals surface area contributed by atoms with E-state index in [9.17, 15) is 9.59 Å². The molecule has 1 aliphatic heterocycles. The number of hydrogen-bond donors (Lipinski definition) is 1. The van der Waals surface area contributed by atoms with Gasteiger partial charge in [0.15, 0.2) is 6.61 Å². The summed E-state index contributed by atoms with van der Waals surface area (Å²) in [5, 5.41) is 13.2. The van der Waals surface area contributed by atoms with Gasteiger partial charge in [0.25, 0.3) is 5.91 Å². The number of piperidine rings is 1. The zero-order valence-corrected chi connectivity index (χ0v) is 16.4. The summed E-state index contributed by atoms with van der Waals surface area (Å²) in [7, 11) is 0. The molecule has 0 aliphatic carbocycles. The number of carboxylic acids is 1. The Morgan fingerprint density at radius 1 is 1.29 bits per heavy atom. The second-order valence-corrected chi connectivity index (χ2v) is 7.26. The number of hydrogen-bond acceptors (Lipinski definition) is 4. The number of carbonyl (C=O) groups excluding carboxylic acids is 1. The first-order valence-electron chi connectivity index (χ1n) is 9.76. The summed E-state index contributed by atoms with van der Waals surface area (Å²) in [6, 6.07) is 8.00. The molecule has 1 saturated heterocycles. The van der Waals surface area contributed by atoms with Gasteiger partial charge in [0.1, 0.15) is 5.75 Å². The Labute approximate surface area is 164 Å². The van der Waals surface area contributed by atoms with Gasteiger partial charge < -0.3 is 14.7 Å². The first kappa shape index (κ1) is 19.9. The average molecular weight is 385 g/mol. The highest BCUT2D eigenvalue weighted by molar-refractivity contribution is 5.86. The molecule has 1 N–H and O–H groups in total. The van der Waals surface area contributed by atoms with Gasteiger partial charge in [0, 0.05) is 19.3 Å². The molecule has 1 aromatic carbocycles. The van der Waals surface area contributed by atoms with Crippen LogP contribution in [0.4, 0.5) is 0 Å². The van der Waals surface area contributed by atoms with E-state index >= 15 is 0 Å². The van der Waals surface area contributed by atoms with Crippen LogP contribution in [0.3, 0.4) is 0 Å². The van der Waals surface area contributed by atoms with Gasteiger partial charge in [0.05, 0.1) is 17.8 Å². The van der Waals surface area contributed by atoms with Gasteiger partial charge >= 0.3 is 5.97 Å². The Morgan fingerprint density at radius 2 is 2.00 bits per heavy atom. The fraction of sp³-hybridized carbons (Fsp3) is 0.476. The Bertz CT molecular complexity index is 825. The molecule has 28 heavy (non-hydrogen) atoms. The molecule has 150 valence electrons. The van der Waals surface area contributed by atoms with Gasteiger partial charge in [0.2, 0.25) is 0 Å². The van der Waals surface area contributed by atoms with Crippen molar-refractivity contribution in [2.75, 3.05) is 19.7 Å². The molecule has 1 amide bonds. The van der Waals surface area contributed by atoms with Crippen LogP contribution in [0.2, 0.25) is 0 Å². The maximum atomic E-state index is 12.6. The van der Waals surface area contributed by atoms with E-state index in [1.54, 1.807) is 10.9 Å². The number of ether oxygens (including phenoxy) is 1. The SMILES string of the molecule is CCC(C)c1ccccc1OCC(=O)N1CCC(n2cc(C(=O)O)cn2)CC1. The largest absolute Gasteiger partial charge is 0.483 e. The lowest BCUT2D eigenvalue weighted by Crippen LogP contribution is -2.41. The number of para-hydroxylation sites is 1. The predicted molar refractivity (Wildman–Crippen MR) is 105 cm³/mol. The predicted octanol–water partition coefficient (Wildman–Crippen LogP) is 3.34. The third-order valence-corrected chi connectivity index (χ3v) is 5.45. The number of carboxylic acid groups (broad SMARTS) is 1. The van der Waals surface area contributed by atoms with Crippen molar-refractivity contribution in [1.29, 1.82) is 0 Å². The normalized spacial score (nSPS) is 16.0. The van der Waals surface area contributed by atoms with Gasteiger partial charge in [-0.05, 0) is 36.8 Å². The number of aromatic carboxylic acids is 1. The lowest BCUT2D eigenvalue weighted by Gasteiger charge is -2.32. The van der Waals surface area contributed by atoms with Crippen LogP contribution in [0.5, 0.6) is 5.75 Å².